The number of ether oxygens (including phenoxy) is 1. The van der Waals surface area contributed by atoms with Gasteiger partial charge in [-0.15, -0.1) is 0 Å². The Morgan fingerprint density at radius 3 is 2.11 bits per heavy atom. The maximum Gasteiger partial charge on any atom is 0.232 e. The van der Waals surface area contributed by atoms with Crippen LogP contribution in [-0.4, -0.2) is 54.9 Å². The smallest absolute Gasteiger partial charge is 0.232 e. The van der Waals surface area contributed by atoms with Gasteiger partial charge in [0, 0.05) is 31.7 Å². The molecule has 5 nitrogen and oxygen atoms in total. The lowest BCUT2D eigenvalue weighted by Crippen LogP contribution is -2.54. The molecule has 0 aromatic heterocycles. The van der Waals surface area contributed by atoms with E-state index in [0.29, 0.717) is 32.6 Å². The van der Waals surface area contributed by atoms with E-state index in [4.69, 9.17) is 4.74 Å². The van der Waals surface area contributed by atoms with Gasteiger partial charge in [0.25, 0.3) is 0 Å². The van der Waals surface area contributed by atoms with Gasteiger partial charge in [0.15, 0.2) is 0 Å². The molecule has 1 heterocycles. The zero-order chi connectivity index (χ0) is 20.1. The predicted octanol–water partition coefficient (Wildman–Crippen LogP) is 2.89. The largest absolute Gasteiger partial charge is 0.496 e. The Morgan fingerprint density at radius 2 is 1.46 bits per heavy atom. The number of nitrogens with zero attached hydrogens (tertiary/aromatic N) is 2. The molecule has 0 saturated carbocycles. The van der Waals surface area contributed by atoms with Crippen LogP contribution in [-0.2, 0) is 21.4 Å². The van der Waals surface area contributed by atoms with Crippen LogP contribution in [0.5, 0.6) is 5.75 Å². The third-order valence-electron chi connectivity index (χ3n) is 5.48. The van der Waals surface area contributed by atoms with Gasteiger partial charge in [-0.2, -0.15) is 0 Å². The van der Waals surface area contributed by atoms with E-state index in [1.165, 1.54) is 0 Å². The molecule has 2 aromatic rings. The lowest BCUT2D eigenvalue weighted by Gasteiger charge is -2.39. The van der Waals surface area contributed by atoms with Gasteiger partial charge in [-0.1, -0.05) is 48.5 Å². The van der Waals surface area contributed by atoms with E-state index in [2.05, 4.69) is 0 Å². The summed E-state index contributed by atoms with van der Waals surface area (Å²) in [5.74, 6) is 0.906. The second-order valence-electron chi connectivity index (χ2n) is 7.65. The Labute approximate surface area is 166 Å². The Bertz CT molecular complexity index is 825. The number of amides is 2. The van der Waals surface area contributed by atoms with Crippen molar-refractivity contribution < 1.29 is 14.3 Å². The van der Waals surface area contributed by atoms with Crippen molar-refractivity contribution in [1.29, 1.82) is 0 Å². The fourth-order valence-electron chi connectivity index (χ4n) is 3.66. The van der Waals surface area contributed by atoms with Crippen molar-refractivity contribution in [1.82, 2.24) is 9.80 Å². The zero-order valence-electron chi connectivity index (χ0n) is 16.9. The maximum absolute atomic E-state index is 13.1. The molecule has 0 bridgehead atoms. The lowest BCUT2D eigenvalue weighted by molar-refractivity contribution is -0.142. The van der Waals surface area contributed by atoms with Crippen LogP contribution in [0.25, 0.3) is 0 Å². The minimum Gasteiger partial charge on any atom is -0.496 e. The third kappa shape index (κ3) is 4.19. The van der Waals surface area contributed by atoms with Crippen molar-refractivity contribution in [3.8, 4) is 5.75 Å². The van der Waals surface area contributed by atoms with Crippen molar-refractivity contribution in [2.75, 3.05) is 33.3 Å². The maximum atomic E-state index is 13.1. The molecule has 148 valence electrons. The number of hydrogen-bond donors (Lipinski definition) is 0. The molecule has 5 heteroatoms. The van der Waals surface area contributed by atoms with Gasteiger partial charge in [-0.05, 0) is 25.5 Å². The summed E-state index contributed by atoms with van der Waals surface area (Å²) in [5.41, 5.74) is 1.32. The highest BCUT2D eigenvalue weighted by molar-refractivity contribution is 5.88. The Balaban J connectivity index is 1.59. The molecule has 0 N–H and O–H groups in total. The van der Waals surface area contributed by atoms with Gasteiger partial charge in [0.2, 0.25) is 11.8 Å². The van der Waals surface area contributed by atoms with Crippen LogP contribution < -0.4 is 4.74 Å². The number of para-hydroxylation sites is 1. The second kappa shape index (κ2) is 8.46. The molecule has 28 heavy (non-hydrogen) atoms. The Hall–Kier alpha value is -2.82. The highest BCUT2D eigenvalue weighted by atomic mass is 16.5. The lowest BCUT2D eigenvalue weighted by atomic mass is 9.83. The summed E-state index contributed by atoms with van der Waals surface area (Å²) in [7, 11) is 1.61. The zero-order valence-corrected chi connectivity index (χ0v) is 16.9. The van der Waals surface area contributed by atoms with Gasteiger partial charge in [-0.3, -0.25) is 9.59 Å². The highest BCUT2D eigenvalue weighted by Gasteiger charge is 2.35. The molecule has 1 fully saturated rings. The van der Waals surface area contributed by atoms with Crippen LogP contribution in [0.2, 0.25) is 0 Å². The van der Waals surface area contributed by atoms with Crippen LogP contribution in [0.1, 0.15) is 25.0 Å². The number of benzene rings is 2. The molecule has 0 aliphatic carbocycles. The predicted molar refractivity (Wildman–Crippen MR) is 109 cm³/mol. The number of methoxy groups -OCH3 is 1. The van der Waals surface area contributed by atoms with E-state index >= 15 is 0 Å². The first-order valence-electron chi connectivity index (χ1n) is 9.68. The molecule has 1 aliphatic rings. The van der Waals surface area contributed by atoms with Crippen molar-refractivity contribution >= 4 is 11.8 Å². The van der Waals surface area contributed by atoms with Gasteiger partial charge in [0.1, 0.15) is 5.75 Å². The first kappa shape index (κ1) is 19.9. The summed E-state index contributed by atoms with van der Waals surface area (Å²) in [4.78, 5) is 29.5. The first-order valence-corrected chi connectivity index (χ1v) is 9.68. The van der Waals surface area contributed by atoms with Crippen molar-refractivity contribution in [2.24, 2.45) is 0 Å². The van der Waals surface area contributed by atoms with Crippen LogP contribution >= 0.6 is 0 Å². The van der Waals surface area contributed by atoms with Crippen LogP contribution in [0.15, 0.2) is 54.6 Å². The van der Waals surface area contributed by atoms with E-state index in [9.17, 15) is 9.59 Å². The molecular formula is C23H28N2O3. The fourth-order valence-corrected chi connectivity index (χ4v) is 3.66. The van der Waals surface area contributed by atoms with E-state index < -0.39 is 5.41 Å². The van der Waals surface area contributed by atoms with Gasteiger partial charge >= 0.3 is 0 Å². The number of carbonyl (C=O) groups excluding carboxylic acids is 2. The minimum atomic E-state index is -0.579. The number of carbonyl (C=O) groups is 2. The molecule has 2 aromatic carbocycles. The number of piperazine rings is 1. The van der Waals surface area contributed by atoms with Gasteiger partial charge in [-0.25, -0.2) is 0 Å². The third-order valence-corrected chi connectivity index (χ3v) is 5.48. The van der Waals surface area contributed by atoms with E-state index in [0.717, 1.165) is 16.9 Å². The second-order valence-corrected chi connectivity index (χ2v) is 7.65. The molecule has 1 saturated heterocycles. The molecule has 0 atom stereocenters. The van der Waals surface area contributed by atoms with Crippen molar-refractivity contribution in [3.05, 3.63) is 65.7 Å². The molecule has 3 rings (SSSR count). The Morgan fingerprint density at radius 1 is 0.893 bits per heavy atom. The fraction of sp³-hybridized carbons (Fsp3) is 0.391. The van der Waals surface area contributed by atoms with Crippen LogP contribution in [0.3, 0.4) is 0 Å². The molecular weight excluding hydrogens is 352 g/mol. The molecule has 2 amide bonds. The Kier molecular flexibility index (Phi) is 6.02. The summed E-state index contributed by atoms with van der Waals surface area (Å²) in [6, 6.07) is 17.4. The average Bonchev–Trinajstić information content (AvgIpc) is 2.74. The average molecular weight is 380 g/mol. The molecule has 0 unspecified atom stereocenters. The van der Waals surface area contributed by atoms with Crippen molar-refractivity contribution in [3.63, 3.8) is 0 Å². The normalized spacial score (nSPS) is 14.7. The molecule has 0 spiro atoms. The number of hydrogen-bond acceptors (Lipinski definition) is 3. The van der Waals surface area contributed by atoms with Crippen molar-refractivity contribution in [2.45, 2.75) is 25.7 Å². The molecule has 0 radical (unpaired) electrons. The van der Waals surface area contributed by atoms with Gasteiger partial charge < -0.3 is 14.5 Å². The highest BCUT2D eigenvalue weighted by Crippen LogP contribution is 2.26. The van der Waals surface area contributed by atoms with Gasteiger partial charge in [0.05, 0.1) is 18.9 Å². The summed E-state index contributed by atoms with van der Waals surface area (Å²) >= 11 is 0. The van der Waals surface area contributed by atoms with E-state index in [1.54, 1.807) is 7.11 Å². The summed E-state index contributed by atoms with van der Waals surface area (Å²) in [5, 5.41) is 0. The minimum absolute atomic E-state index is 0.0684. The topological polar surface area (TPSA) is 49.9 Å². The first-order chi connectivity index (χ1) is 13.4. The summed E-state index contributed by atoms with van der Waals surface area (Å²) in [6.07, 6.45) is 0.313. The van der Waals surface area contributed by atoms with Crippen LogP contribution in [0.4, 0.5) is 0 Å². The summed E-state index contributed by atoms with van der Waals surface area (Å²) in [6.45, 7) is 6.17. The summed E-state index contributed by atoms with van der Waals surface area (Å²) < 4.78 is 5.34. The quantitative estimate of drug-likeness (QED) is 0.801. The SMILES string of the molecule is COc1ccccc1CC(=O)N1CCN(C(=O)C(C)(C)c2ccccc2)CC1. The monoisotopic (exact) mass is 380 g/mol. The number of rotatable bonds is 5. The standard InChI is InChI=1S/C23H28N2O3/c1-23(2,19-10-5-4-6-11-19)22(27)25-15-13-24(14-16-25)21(26)17-18-9-7-8-12-20(18)28-3/h4-12H,13-17H2,1-3H3. The van der Waals surface area contributed by atoms with Crippen LogP contribution in [0, 0.1) is 0 Å². The molecule has 1 aliphatic heterocycles. The van der Waals surface area contributed by atoms with E-state index in [-0.39, 0.29) is 11.8 Å². The van der Waals surface area contributed by atoms with E-state index in [1.807, 2.05) is 78.2 Å².